The molecule has 1 aliphatic rings. The van der Waals surface area contributed by atoms with Crippen molar-refractivity contribution in [2.45, 2.75) is 64.9 Å². The molecule has 1 nitrogen and oxygen atoms in total. The fraction of sp³-hybridized carbons (Fsp3) is 0.846. The van der Waals surface area contributed by atoms with Gasteiger partial charge in [-0.15, -0.1) is 0 Å². The number of allylic oxidation sites excluding steroid dienone is 1. The summed E-state index contributed by atoms with van der Waals surface area (Å²) in [5.74, 6) is 0.746. The fourth-order valence-corrected chi connectivity index (χ4v) is 2.28. The van der Waals surface area contributed by atoms with Gasteiger partial charge in [-0.3, -0.25) is 0 Å². The summed E-state index contributed by atoms with van der Waals surface area (Å²) in [5.41, 5.74) is 1.19. The van der Waals surface area contributed by atoms with E-state index in [1.165, 1.54) is 37.7 Å². The smallest absolute Gasteiger partial charge is 0.0747 e. The molecule has 0 heterocycles. The number of rotatable bonds is 4. The Kier molecular flexibility index (Phi) is 5.24. The summed E-state index contributed by atoms with van der Waals surface area (Å²) < 4.78 is 0. The summed E-state index contributed by atoms with van der Waals surface area (Å²) in [6.45, 7) is 4.20. The van der Waals surface area contributed by atoms with Crippen molar-refractivity contribution in [1.29, 1.82) is 0 Å². The third-order valence-electron chi connectivity index (χ3n) is 3.24. The Morgan fingerprint density at radius 2 is 2.00 bits per heavy atom. The normalized spacial score (nSPS) is 22.4. The van der Waals surface area contributed by atoms with E-state index in [2.05, 4.69) is 19.9 Å². The fourth-order valence-electron chi connectivity index (χ4n) is 2.28. The van der Waals surface area contributed by atoms with E-state index >= 15 is 0 Å². The van der Waals surface area contributed by atoms with Gasteiger partial charge in [0.1, 0.15) is 0 Å². The van der Waals surface area contributed by atoms with E-state index in [1.807, 2.05) is 0 Å². The van der Waals surface area contributed by atoms with E-state index < -0.39 is 0 Å². The van der Waals surface area contributed by atoms with Crippen LogP contribution in [0.15, 0.2) is 11.6 Å². The lowest BCUT2D eigenvalue weighted by atomic mass is 9.87. The molecule has 0 aromatic carbocycles. The van der Waals surface area contributed by atoms with Crippen LogP contribution in [0.5, 0.6) is 0 Å². The third kappa shape index (κ3) is 3.83. The highest BCUT2D eigenvalue weighted by atomic mass is 16.3. The predicted octanol–water partition coefficient (Wildman–Crippen LogP) is 3.67. The minimum Gasteiger partial charge on any atom is -0.389 e. The second kappa shape index (κ2) is 6.23. The van der Waals surface area contributed by atoms with Gasteiger partial charge in [0.25, 0.3) is 0 Å². The van der Waals surface area contributed by atoms with Crippen LogP contribution < -0.4 is 0 Å². The van der Waals surface area contributed by atoms with Gasteiger partial charge in [-0.1, -0.05) is 38.7 Å². The van der Waals surface area contributed by atoms with Crippen molar-refractivity contribution in [3.8, 4) is 0 Å². The Labute approximate surface area is 88.2 Å². The monoisotopic (exact) mass is 196 g/mol. The maximum absolute atomic E-state index is 9.78. The molecule has 0 spiro atoms. The van der Waals surface area contributed by atoms with Gasteiger partial charge in [0.2, 0.25) is 0 Å². The third-order valence-corrected chi connectivity index (χ3v) is 3.24. The lowest BCUT2D eigenvalue weighted by Crippen LogP contribution is -2.11. The highest BCUT2D eigenvalue weighted by molar-refractivity contribution is 5.07. The van der Waals surface area contributed by atoms with Crippen molar-refractivity contribution in [2.24, 2.45) is 5.92 Å². The van der Waals surface area contributed by atoms with Crippen LogP contribution in [0.1, 0.15) is 58.8 Å². The molecule has 0 aromatic rings. The number of aliphatic hydroxyl groups is 1. The number of hydrogen-bond acceptors (Lipinski definition) is 1. The molecule has 1 N–H and O–H groups in total. The van der Waals surface area contributed by atoms with E-state index in [1.54, 1.807) is 0 Å². The minimum absolute atomic E-state index is 0.193. The molecule has 1 saturated carbocycles. The molecular weight excluding hydrogens is 172 g/mol. The van der Waals surface area contributed by atoms with Crippen molar-refractivity contribution in [3.05, 3.63) is 11.6 Å². The van der Waals surface area contributed by atoms with Crippen molar-refractivity contribution >= 4 is 0 Å². The molecule has 0 amide bonds. The van der Waals surface area contributed by atoms with Crippen molar-refractivity contribution in [1.82, 2.24) is 0 Å². The molecule has 1 aliphatic carbocycles. The van der Waals surface area contributed by atoms with E-state index in [-0.39, 0.29) is 6.10 Å². The van der Waals surface area contributed by atoms with Gasteiger partial charge in [0.05, 0.1) is 6.10 Å². The molecule has 1 heteroatoms. The summed E-state index contributed by atoms with van der Waals surface area (Å²) >= 11 is 0. The maximum atomic E-state index is 9.78. The van der Waals surface area contributed by atoms with Gasteiger partial charge in [0.15, 0.2) is 0 Å². The van der Waals surface area contributed by atoms with Gasteiger partial charge in [0, 0.05) is 0 Å². The Morgan fingerprint density at radius 3 is 2.57 bits per heavy atom. The molecule has 0 radical (unpaired) electrons. The van der Waals surface area contributed by atoms with E-state index in [0.717, 1.165) is 18.8 Å². The molecular formula is C13H24O. The van der Waals surface area contributed by atoms with Crippen molar-refractivity contribution < 1.29 is 5.11 Å². The molecule has 0 unspecified atom stereocenters. The summed E-state index contributed by atoms with van der Waals surface area (Å²) in [5, 5.41) is 9.78. The average Bonchev–Trinajstić information content (AvgIpc) is 2.19. The standard InChI is InChI=1S/C13H24O/c1-3-7-13(14)11(2)10-12-8-5-4-6-9-12/h10,12-14H,3-9H2,1-2H3/b11-10+/t13-/m1/s1. The molecule has 82 valence electrons. The van der Waals surface area contributed by atoms with Crippen LogP contribution >= 0.6 is 0 Å². The molecule has 1 atom stereocenters. The second-order valence-electron chi connectivity index (χ2n) is 4.61. The van der Waals surface area contributed by atoms with Gasteiger partial charge >= 0.3 is 0 Å². The van der Waals surface area contributed by atoms with Crippen LogP contribution in [0, 0.1) is 5.92 Å². The average molecular weight is 196 g/mol. The molecule has 14 heavy (non-hydrogen) atoms. The summed E-state index contributed by atoms with van der Waals surface area (Å²) in [6.07, 6.45) is 10.9. The zero-order chi connectivity index (χ0) is 10.4. The first-order chi connectivity index (χ1) is 6.74. The van der Waals surface area contributed by atoms with Crippen molar-refractivity contribution in [2.75, 3.05) is 0 Å². The van der Waals surface area contributed by atoms with Crippen LogP contribution in [0.4, 0.5) is 0 Å². The first kappa shape index (κ1) is 11.8. The summed E-state index contributed by atoms with van der Waals surface area (Å²) in [6, 6.07) is 0. The Morgan fingerprint density at radius 1 is 1.36 bits per heavy atom. The second-order valence-corrected chi connectivity index (χ2v) is 4.61. The number of hydrogen-bond donors (Lipinski definition) is 1. The van der Waals surface area contributed by atoms with Crippen LogP contribution in [0.3, 0.4) is 0 Å². The summed E-state index contributed by atoms with van der Waals surface area (Å²) in [4.78, 5) is 0. The van der Waals surface area contributed by atoms with Gasteiger partial charge in [-0.25, -0.2) is 0 Å². The lowest BCUT2D eigenvalue weighted by molar-refractivity contribution is 0.197. The Hall–Kier alpha value is -0.300. The van der Waals surface area contributed by atoms with E-state index in [9.17, 15) is 5.11 Å². The van der Waals surface area contributed by atoms with Crippen LogP contribution in [0.25, 0.3) is 0 Å². The molecule has 0 bridgehead atoms. The molecule has 1 fully saturated rings. The zero-order valence-corrected chi connectivity index (χ0v) is 9.63. The highest BCUT2D eigenvalue weighted by Gasteiger charge is 2.13. The molecule has 1 rings (SSSR count). The van der Waals surface area contributed by atoms with Crippen LogP contribution in [-0.2, 0) is 0 Å². The molecule has 0 saturated heterocycles. The van der Waals surface area contributed by atoms with Gasteiger partial charge in [-0.05, 0) is 37.7 Å². The SMILES string of the molecule is CCC[C@@H](O)/C(C)=C/C1CCCCC1. The predicted molar refractivity (Wildman–Crippen MR) is 61.2 cm³/mol. The Bertz CT molecular complexity index is 178. The van der Waals surface area contributed by atoms with E-state index in [0.29, 0.717) is 0 Å². The highest BCUT2D eigenvalue weighted by Crippen LogP contribution is 2.26. The van der Waals surface area contributed by atoms with Crippen LogP contribution in [0.2, 0.25) is 0 Å². The lowest BCUT2D eigenvalue weighted by Gasteiger charge is -2.20. The first-order valence-electron chi connectivity index (χ1n) is 6.10. The van der Waals surface area contributed by atoms with Crippen molar-refractivity contribution in [3.63, 3.8) is 0 Å². The van der Waals surface area contributed by atoms with Gasteiger partial charge < -0.3 is 5.11 Å². The number of aliphatic hydroxyl groups excluding tert-OH is 1. The summed E-state index contributed by atoms with van der Waals surface area (Å²) in [7, 11) is 0. The van der Waals surface area contributed by atoms with Crippen LogP contribution in [-0.4, -0.2) is 11.2 Å². The quantitative estimate of drug-likeness (QED) is 0.680. The molecule has 0 aromatic heterocycles. The minimum atomic E-state index is -0.193. The maximum Gasteiger partial charge on any atom is 0.0747 e. The molecule has 0 aliphatic heterocycles. The van der Waals surface area contributed by atoms with Gasteiger partial charge in [-0.2, -0.15) is 0 Å². The largest absolute Gasteiger partial charge is 0.389 e. The Balaban J connectivity index is 2.39. The van der Waals surface area contributed by atoms with E-state index in [4.69, 9.17) is 0 Å². The first-order valence-corrected chi connectivity index (χ1v) is 6.10. The zero-order valence-electron chi connectivity index (χ0n) is 9.63. The topological polar surface area (TPSA) is 20.2 Å².